The van der Waals surface area contributed by atoms with Crippen molar-refractivity contribution in [1.29, 1.82) is 0 Å². The van der Waals surface area contributed by atoms with Gasteiger partial charge in [0.1, 0.15) is 10.9 Å². The first-order valence-electron chi connectivity index (χ1n) is 9.04. The van der Waals surface area contributed by atoms with Crippen molar-refractivity contribution in [3.8, 4) is 0 Å². The van der Waals surface area contributed by atoms with E-state index in [9.17, 15) is 14.4 Å². The Morgan fingerprint density at radius 2 is 1.79 bits per heavy atom. The second kappa shape index (κ2) is 8.18. The summed E-state index contributed by atoms with van der Waals surface area (Å²) in [6.45, 7) is 0.366. The lowest BCUT2D eigenvalue weighted by Crippen LogP contribution is -2.39. The zero-order chi connectivity index (χ0) is 20.4. The van der Waals surface area contributed by atoms with Gasteiger partial charge in [0.15, 0.2) is 0 Å². The fourth-order valence-corrected chi connectivity index (χ4v) is 4.44. The lowest BCUT2D eigenvalue weighted by atomic mass is 10.1. The molecule has 1 saturated heterocycles. The molecule has 3 amide bonds. The molecule has 6 nitrogen and oxygen atoms in total. The molecule has 2 aliphatic rings. The molecule has 0 bridgehead atoms. The van der Waals surface area contributed by atoms with Crippen molar-refractivity contribution in [1.82, 2.24) is 10.6 Å². The number of amides is 3. The Labute approximate surface area is 177 Å². The molecule has 2 N–H and O–H groups in total. The van der Waals surface area contributed by atoms with Crippen LogP contribution < -0.4 is 15.5 Å². The first-order valence-corrected chi connectivity index (χ1v) is 10.3. The summed E-state index contributed by atoms with van der Waals surface area (Å²) in [4.78, 5) is 39.4. The number of benzene rings is 2. The first-order chi connectivity index (χ1) is 14.0. The van der Waals surface area contributed by atoms with E-state index in [1.54, 1.807) is 24.3 Å². The molecule has 8 heteroatoms. The van der Waals surface area contributed by atoms with Crippen molar-refractivity contribution in [2.75, 3.05) is 18.0 Å². The third-order valence-corrected chi connectivity index (χ3v) is 5.88. The molecule has 0 radical (unpaired) electrons. The summed E-state index contributed by atoms with van der Waals surface area (Å²) in [5, 5.41) is 5.40. The zero-order valence-corrected chi connectivity index (χ0v) is 16.9. The number of anilines is 1. The van der Waals surface area contributed by atoms with E-state index in [2.05, 4.69) is 10.6 Å². The smallest absolute Gasteiger partial charge is 0.264 e. The third-order valence-electron chi connectivity index (χ3n) is 4.65. The summed E-state index contributed by atoms with van der Waals surface area (Å²) in [6.07, 6.45) is 0.709. The molecule has 0 aliphatic carbocycles. The Morgan fingerprint density at radius 3 is 2.52 bits per heavy atom. The van der Waals surface area contributed by atoms with Gasteiger partial charge >= 0.3 is 0 Å². The van der Waals surface area contributed by atoms with Crippen LogP contribution in [0.3, 0.4) is 0 Å². The molecule has 1 fully saturated rings. The maximum atomic E-state index is 13.1. The van der Waals surface area contributed by atoms with Gasteiger partial charge in [-0.2, -0.15) is 0 Å². The lowest BCUT2D eigenvalue weighted by Gasteiger charge is -2.16. The largest absolute Gasteiger partial charge is 0.354 e. The summed E-state index contributed by atoms with van der Waals surface area (Å²) in [6, 6.07) is 17.0. The number of nitrogens with one attached hydrogen (secondary N) is 2. The normalized spacial score (nSPS) is 18.1. The average molecular weight is 424 g/mol. The van der Waals surface area contributed by atoms with Crippen LogP contribution in [0.2, 0.25) is 0 Å². The van der Waals surface area contributed by atoms with E-state index in [1.165, 1.54) is 4.90 Å². The number of carbonyl (C=O) groups excluding carboxylic acids is 3. The molecular formula is C21H17N3O3S2. The van der Waals surface area contributed by atoms with Crippen molar-refractivity contribution < 1.29 is 14.4 Å². The fraction of sp³-hybridized carbons (Fsp3) is 0.143. The molecule has 0 saturated carbocycles. The summed E-state index contributed by atoms with van der Waals surface area (Å²) >= 11 is 6.11. The lowest BCUT2D eigenvalue weighted by molar-refractivity contribution is -0.121. The SMILES string of the molecule is O=C(CN1C(=O)/C(=C2\SC(=S)NC2=O)c2ccccc21)NCCc1ccccc1. The highest BCUT2D eigenvalue weighted by atomic mass is 32.2. The van der Waals surface area contributed by atoms with Gasteiger partial charge in [-0.25, -0.2) is 0 Å². The van der Waals surface area contributed by atoms with E-state index >= 15 is 0 Å². The molecule has 0 spiro atoms. The van der Waals surface area contributed by atoms with Crippen molar-refractivity contribution in [2.45, 2.75) is 6.42 Å². The van der Waals surface area contributed by atoms with Crippen LogP contribution in [0.4, 0.5) is 5.69 Å². The van der Waals surface area contributed by atoms with E-state index < -0.39 is 0 Å². The Kier molecular flexibility index (Phi) is 5.46. The van der Waals surface area contributed by atoms with Gasteiger partial charge in [-0.05, 0) is 18.1 Å². The molecule has 2 heterocycles. The minimum Gasteiger partial charge on any atom is -0.354 e. The molecule has 2 aliphatic heterocycles. The zero-order valence-electron chi connectivity index (χ0n) is 15.3. The van der Waals surface area contributed by atoms with Gasteiger partial charge in [0.2, 0.25) is 5.91 Å². The Morgan fingerprint density at radius 1 is 1.07 bits per heavy atom. The van der Waals surface area contributed by atoms with Crippen LogP contribution >= 0.6 is 24.0 Å². The minimum absolute atomic E-state index is 0.113. The van der Waals surface area contributed by atoms with Crippen LogP contribution in [0.5, 0.6) is 0 Å². The quantitative estimate of drug-likeness (QED) is 0.570. The number of hydrogen-bond acceptors (Lipinski definition) is 5. The molecule has 2 aromatic rings. The van der Waals surface area contributed by atoms with Gasteiger partial charge in [0.05, 0.1) is 16.2 Å². The number of para-hydroxylation sites is 1. The second-order valence-electron chi connectivity index (χ2n) is 6.54. The third kappa shape index (κ3) is 3.94. The standard InChI is InChI=1S/C21H17N3O3S2/c25-16(22-11-10-13-6-2-1-3-7-13)12-24-15-9-5-4-8-14(15)17(20(24)27)18-19(26)23-21(28)29-18/h1-9H,10-12H2,(H,22,25)(H,23,26,28)/b18-17-. The summed E-state index contributed by atoms with van der Waals surface area (Å²) in [7, 11) is 0. The minimum atomic E-state index is -0.382. The highest BCUT2D eigenvalue weighted by molar-refractivity contribution is 8.27. The molecule has 0 atom stereocenters. The van der Waals surface area contributed by atoms with Gasteiger partial charge < -0.3 is 10.6 Å². The first kappa shape index (κ1) is 19.4. The summed E-state index contributed by atoms with van der Waals surface area (Å²) in [5.74, 6) is -1.01. The highest BCUT2D eigenvalue weighted by Gasteiger charge is 2.39. The Bertz CT molecular complexity index is 1050. The maximum absolute atomic E-state index is 13.1. The highest BCUT2D eigenvalue weighted by Crippen LogP contribution is 2.42. The molecular weight excluding hydrogens is 406 g/mol. The monoisotopic (exact) mass is 423 g/mol. The van der Waals surface area contributed by atoms with Crippen molar-refractivity contribution >= 4 is 57.3 Å². The number of fused-ring (bicyclic) bond motifs is 1. The number of rotatable bonds is 5. The molecule has 2 aromatic carbocycles. The van der Waals surface area contributed by atoms with Gasteiger partial charge in [0, 0.05) is 12.1 Å². The Hall–Kier alpha value is -2.97. The second-order valence-corrected chi connectivity index (χ2v) is 8.23. The van der Waals surface area contributed by atoms with E-state index in [0.29, 0.717) is 34.1 Å². The van der Waals surface area contributed by atoms with Crippen molar-refractivity contribution in [2.24, 2.45) is 0 Å². The summed E-state index contributed by atoms with van der Waals surface area (Å²) < 4.78 is 0.319. The van der Waals surface area contributed by atoms with Gasteiger partial charge in [-0.3, -0.25) is 19.3 Å². The predicted octanol–water partition coefficient (Wildman–Crippen LogP) is 2.25. The van der Waals surface area contributed by atoms with Gasteiger partial charge in [0.25, 0.3) is 11.8 Å². The van der Waals surface area contributed by atoms with Crippen LogP contribution in [-0.2, 0) is 20.8 Å². The van der Waals surface area contributed by atoms with Crippen molar-refractivity contribution in [3.05, 3.63) is 70.6 Å². The van der Waals surface area contributed by atoms with Crippen LogP contribution in [0.15, 0.2) is 59.5 Å². The fourth-order valence-electron chi connectivity index (χ4n) is 3.33. The van der Waals surface area contributed by atoms with Gasteiger partial charge in [-0.15, -0.1) is 0 Å². The molecule has 146 valence electrons. The molecule has 0 unspecified atom stereocenters. The Balaban J connectivity index is 1.50. The maximum Gasteiger partial charge on any atom is 0.264 e. The number of nitrogens with zero attached hydrogens (tertiary/aromatic N) is 1. The van der Waals surface area contributed by atoms with Crippen LogP contribution in [0.1, 0.15) is 11.1 Å². The van der Waals surface area contributed by atoms with Crippen LogP contribution in [0, 0.1) is 0 Å². The molecule has 29 heavy (non-hydrogen) atoms. The van der Waals surface area contributed by atoms with Crippen LogP contribution in [-0.4, -0.2) is 35.1 Å². The number of thioether (sulfide) groups is 1. The predicted molar refractivity (Wildman–Crippen MR) is 117 cm³/mol. The topological polar surface area (TPSA) is 78.5 Å². The summed E-state index contributed by atoms with van der Waals surface area (Å²) in [5.41, 5.74) is 2.67. The average Bonchev–Trinajstić information content (AvgIpc) is 3.18. The van der Waals surface area contributed by atoms with Crippen molar-refractivity contribution in [3.63, 3.8) is 0 Å². The molecule has 0 aromatic heterocycles. The van der Waals surface area contributed by atoms with E-state index in [0.717, 1.165) is 17.3 Å². The molecule has 4 rings (SSSR count). The van der Waals surface area contributed by atoms with E-state index in [-0.39, 0.29) is 29.2 Å². The van der Waals surface area contributed by atoms with Crippen LogP contribution in [0.25, 0.3) is 5.57 Å². The van der Waals surface area contributed by atoms with Gasteiger partial charge in [-0.1, -0.05) is 72.5 Å². The number of thiocarbonyl (C=S) groups is 1. The van der Waals surface area contributed by atoms with E-state index in [1.807, 2.05) is 30.3 Å². The van der Waals surface area contributed by atoms with E-state index in [4.69, 9.17) is 12.2 Å². The number of carbonyl (C=O) groups is 3. The number of hydrogen-bond donors (Lipinski definition) is 2.